The summed E-state index contributed by atoms with van der Waals surface area (Å²) in [5, 5.41) is 18.2. The molecule has 0 unspecified atom stereocenters. The first-order valence-corrected chi connectivity index (χ1v) is 15.5. The van der Waals surface area contributed by atoms with Crippen molar-refractivity contribution >= 4 is 40.7 Å². The first kappa shape index (κ1) is 32.1. The highest BCUT2D eigenvalue weighted by molar-refractivity contribution is 6.31. The number of rotatable bonds is 8. The van der Waals surface area contributed by atoms with Crippen molar-refractivity contribution < 1.29 is 23.5 Å². The fourth-order valence-corrected chi connectivity index (χ4v) is 7.33. The second-order valence-electron chi connectivity index (χ2n) is 12.9. The molecule has 0 saturated carbocycles. The largest absolute Gasteiger partial charge is 0.395 e. The van der Waals surface area contributed by atoms with Crippen LogP contribution in [0.25, 0.3) is 0 Å². The van der Waals surface area contributed by atoms with Gasteiger partial charge in [-0.2, -0.15) is 0 Å². The number of hydrogen-bond donors (Lipinski definition) is 4. The van der Waals surface area contributed by atoms with Crippen molar-refractivity contribution in [3.8, 4) is 0 Å². The molecular formula is C31H39Cl2F2N5O3. The van der Waals surface area contributed by atoms with Crippen LogP contribution in [0.5, 0.6) is 0 Å². The molecule has 5 rings (SSSR count). The van der Waals surface area contributed by atoms with E-state index in [2.05, 4.69) is 25.8 Å². The molecule has 43 heavy (non-hydrogen) atoms. The summed E-state index contributed by atoms with van der Waals surface area (Å²) in [6, 6.07) is 5.49. The molecule has 2 aromatic carbocycles. The van der Waals surface area contributed by atoms with Crippen molar-refractivity contribution in [3.63, 3.8) is 0 Å². The number of carbonyl (C=O) groups excluding carboxylic acids is 2. The van der Waals surface area contributed by atoms with E-state index in [1.807, 2.05) is 20.8 Å². The van der Waals surface area contributed by atoms with Crippen molar-refractivity contribution in [3.05, 3.63) is 63.1 Å². The molecule has 0 radical (unpaired) electrons. The number of β-amino-alcohol motifs (C(OH)–C–C–N with tert-alkyl or cyclic N) is 1. The van der Waals surface area contributed by atoms with Crippen molar-refractivity contribution in [1.82, 2.24) is 20.4 Å². The van der Waals surface area contributed by atoms with Gasteiger partial charge in [-0.15, -0.1) is 0 Å². The van der Waals surface area contributed by atoms with Gasteiger partial charge in [-0.25, -0.2) is 8.78 Å². The Morgan fingerprint density at radius 3 is 2.42 bits per heavy atom. The highest BCUT2D eigenvalue weighted by Gasteiger charge is 2.66. The van der Waals surface area contributed by atoms with E-state index in [0.29, 0.717) is 37.3 Å². The van der Waals surface area contributed by atoms with Crippen molar-refractivity contribution in [2.45, 2.75) is 50.6 Å². The molecular weight excluding hydrogens is 599 g/mol. The first-order chi connectivity index (χ1) is 20.4. The molecule has 3 aliphatic heterocycles. The van der Waals surface area contributed by atoms with Crippen LogP contribution in [0.3, 0.4) is 0 Å². The molecule has 8 nitrogen and oxygen atoms in total. The Balaban J connectivity index is 1.51. The Kier molecular flexibility index (Phi) is 9.38. The summed E-state index contributed by atoms with van der Waals surface area (Å²) in [7, 11) is 0. The van der Waals surface area contributed by atoms with Crippen LogP contribution in [0, 0.1) is 17.0 Å². The van der Waals surface area contributed by atoms with E-state index >= 15 is 8.78 Å². The molecule has 2 fully saturated rings. The zero-order valence-corrected chi connectivity index (χ0v) is 26.2. The average Bonchev–Trinajstić information content (AvgIpc) is 3.41. The van der Waals surface area contributed by atoms with Crippen LogP contribution >= 0.6 is 23.2 Å². The van der Waals surface area contributed by atoms with Gasteiger partial charge in [0.05, 0.1) is 22.7 Å². The molecule has 2 amide bonds. The SMILES string of the molecule is CC(C)(C)C[C@H]1N[C@@H](C(=O)NCCN2CCN(CCO)CC2)[C@H](c2cccc(Cl)c2F)[C@@]12C(=O)Nc1cc(Cl)c(F)cc12. The lowest BCUT2D eigenvalue weighted by atomic mass is 9.62. The van der Waals surface area contributed by atoms with Gasteiger partial charge in [0.25, 0.3) is 0 Å². The zero-order valence-electron chi connectivity index (χ0n) is 24.7. The number of benzene rings is 2. The van der Waals surface area contributed by atoms with Gasteiger partial charge < -0.3 is 21.1 Å². The summed E-state index contributed by atoms with van der Waals surface area (Å²) in [4.78, 5) is 32.6. The minimum atomic E-state index is -1.52. The third kappa shape index (κ3) is 6.15. The Morgan fingerprint density at radius 1 is 1.09 bits per heavy atom. The van der Waals surface area contributed by atoms with Gasteiger partial charge in [-0.1, -0.05) is 56.1 Å². The van der Waals surface area contributed by atoms with E-state index < -0.39 is 41.0 Å². The number of halogens is 4. The molecule has 234 valence electrons. The maximum Gasteiger partial charge on any atom is 0.237 e. The lowest BCUT2D eigenvalue weighted by molar-refractivity contribution is -0.124. The van der Waals surface area contributed by atoms with Gasteiger partial charge in [0, 0.05) is 63.5 Å². The van der Waals surface area contributed by atoms with Gasteiger partial charge >= 0.3 is 0 Å². The number of nitrogens with zero attached hydrogens (tertiary/aromatic N) is 2. The van der Waals surface area contributed by atoms with Crippen LogP contribution in [-0.2, 0) is 15.0 Å². The Hall–Kier alpha value is -2.34. The van der Waals surface area contributed by atoms with Crippen LogP contribution < -0.4 is 16.0 Å². The predicted octanol–water partition coefficient (Wildman–Crippen LogP) is 3.75. The fraction of sp³-hybridized carbons (Fsp3) is 0.548. The molecule has 0 aliphatic carbocycles. The summed E-state index contributed by atoms with van der Waals surface area (Å²) < 4.78 is 30.9. The molecule has 4 atom stereocenters. The van der Waals surface area contributed by atoms with Crippen LogP contribution in [0.15, 0.2) is 30.3 Å². The minimum absolute atomic E-state index is 0.106. The quantitative estimate of drug-likeness (QED) is 0.352. The fourth-order valence-electron chi connectivity index (χ4n) is 6.99. The molecule has 4 N–H and O–H groups in total. The van der Waals surface area contributed by atoms with Gasteiger partial charge in [0.2, 0.25) is 11.8 Å². The highest BCUT2D eigenvalue weighted by Crippen LogP contribution is 2.57. The number of fused-ring (bicyclic) bond motifs is 2. The van der Waals surface area contributed by atoms with Crippen molar-refractivity contribution in [2.75, 3.05) is 57.7 Å². The Labute approximate surface area is 261 Å². The monoisotopic (exact) mass is 637 g/mol. The molecule has 1 spiro atoms. The van der Waals surface area contributed by atoms with Crippen molar-refractivity contribution in [1.29, 1.82) is 0 Å². The van der Waals surface area contributed by atoms with Crippen LogP contribution in [0.1, 0.15) is 44.2 Å². The number of amides is 2. The average molecular weight is 639 g/mol. The number of nitrogens with one attached hydrogen (secondary N) is 3. The summed E-state index contributed by atoms with van der Waals surface area (Å²) in [5.74, 6) is -3.30. The summed E-state index contributed by atoms with van der Waals surface area (Å²) in [6.45, 7) is 11.1. The lowest BCUT2D eigenvalue weighted by Crippen LogP contribution is -2.50. The summed E-state index contributed by atoms with van der Waals surface area (Å²) in [5.41, 5.74) is -1.05. The minimum Gasteiger partial charge on any atom is -0.395 e. The molecule has 12 heteroatoms. The summed E-state index contributed by atoms with van der Waals surface area (Å²) >= 11 is 12.3. The molecule has 2 saturated heterocycles. The number of hydrogen-bond acceptors (Lipinski definition) is 6. The van der Waals surface area contributed by atoms with E-state index in [-0.39, 0.29) is 33.5 Å². The number of carbonyl (C=O) groups is 2. The highest BCUT2D eigenvalue weighted by atomic mass is 35.5. The molecule has 3 heterocycles. The molecule has 0 aromatic heterocycles. The smallest absolute Gasteiger partial charge is 0.237 e. The maximum absolute atomic E-state index is 15.9. The number of aliphatic hydroxyl groups excluding tert-OH is 1. The van der Waals surface area contributed by atoms with Gasteiger partial charge in [-0.3, -0.25) is 19.4 Å². The van der Waals surface area contributed by atoms with Crippen LogP contribution in [0.2, 0.25) is 10.0 Å². The van der Waals surface area contributed by atoms with Gasteiger partial charge in [0.15, 0.2) is 0 Å². The number of piperazine rings is 1. The number of anilines is 1. The third-order valence-corrected chi connectivity index (χ3v) is 9.49. The van der Waals surface area contributed by atoms with Crippen molar-refractivity contribution in [2.24, 2.45) is 5.41 Å². The standard InChI is InChI=1S/C31H39Cl2F2N5O3/c1-30(2,3)17-24-31(19-15-22(34)21(33)16-23(19)37-29(31)43)25(18-5-4-6-20(32)26(18)35)27(38-24)28(42)36-7-8-39-9-11-40(12-10-39)13-14-41/h4-6,15-16,24-25,27,38,41H,7-14,17H2,1-3H3,(H,36,42)(H,37,43)/t24-,25+,27-,31+/m1/s1. The third-order valence-electron chi connectivity index (χ3n) is 8.91. The van der Waals surface area contributed by atoms with E-state index in [4.69, 9.17) is 23.2 Å². The Morgan fingerprint density at radius 2 is 1.77 bits per heavy atom. The van der Waals surface area contributed by atoms with E-state index in [1.165, 1.54) is 18.2 Å². The molecule has 0 bridgehead atoms. The van der Waals surface area contributed by atoms with E-state index in [0.717, 1.165) is 26.2 Å². The topological polar surface area (TPSA) is 96.9 Å². The lowest BCUT2D eigenvalue weighted by Gasteiger charge is -2.37. The normalized spacial score (nSPS) is 26.1. The second kappa shape index (κ2) is 12.6. The van der Waals surface area contributed by atoms with Gasteiger partial charge in [-0.05, 0) is 41.2 Å². The van der Waals surface area contributed by atoms with Gasteiger partial charge in [0.1, 0.15) is 17.0 Å². The predicted molar refractivity (Wildman–Crippen MR) is 164 cm³/mol. The Bertz CT molecular complexity index is 1380. The van der Waals surface area contributed by atoms with Crippen LogP contribution in [-0.4, -0.2) is 91.2 Å². The molecule has 2 aromatic rings. The zero-order chi connectivity index (χ0) is 31.1. The maximum atomic E-state index is 15.9. The number of aliphatic hydroxyl groups is 1. The second-order valence-corrected chi connectivity index (χ2v) is 13.7. The summed E-state index contributed by atoms with van der Waals surface area (Å²) in [6.07, 6.45) is 0.435. The van der Waals surface area contributed by atoms with Crippen LogP contribution in [0.4, 0.5) is 14.5 Å². The van der Waals surface area contributed by atoms with E-state index in [9.17, 15) is 14.7 Å². The first-order valence-electron chi connectivity index (χ1n) is 14.7. The molecule has 3 aliphatic rings. The van der Waals surface area contributed by atoms with E-state index in [1.54, 1.807) is 12.1 Å².